The molecule has 0 atom stereocenters. The number of aliphatic hydroxyl groups is 1. The number of carbonyl (C=O) groups excluding carboxylic acids is 2. The van der Waals surface area contributed by atoms with Crippen LogP contribution in [0.1, 0.15) is 52.0 Å². The Labute approximate surface area is 198 Å². The first-order chi connectivity index (χ1) is 16.0. The van der Waals surface area contributed by atoms with E-state index in [4.69, 9.17) is 11.6 Å². The van der Waals surface area contributed by atoms with Gasteiger partial charge in [-0.15, -0.1) is 0 Å². The molecule has 6 heteroatoms. The van der Waals surface area contributed by atoms with E-state index in [-0.39, 0.29) is 11.8 Å². The minimum Gasteiger partial charge on any atom is -0.385 e. The van der Waals surface area contributed by atoms with E-state index in [2.05, 4.69) is 4.90 Å². The van der Waals surface area contributed by atoms with Crippen LogP contribution in [0.5, 0.6) is 0 Å². The van der Waals surface area contributed by atoms with Crippen molar-refractivity contribution in [2.45, 2.75) is 31.3 Å². The third-order valence-electron chi connectivity index (χ3n) is 7.03. The molecular weight excluding hydrogens is 436 g/mol. The van der Waals surface area contributed by atoms with Gasteiger partial charge in [-0.05, 0) is 67.4 Å². The fraction of sp³-hybridized carbons (Fsp3) is 0.333. The summed E-state index contributed by atoms with van der Waals surface area (Å²) in [4.78, 5) is 29.7. The summed E-state index contributed by atoms with van der Waals surface area (Å²) in [6, 6.07) is 18.7. The van der Waals surface area contributed by atoms with Gasteiger partial charge in [-0.25, -0.2) is 0 Å². The van der Waals surface area contributed by atoms with Gasteiger partial charge in [0, 0.05) is 41.2 Å². The van der Waals surface area contributed by atoms with E-state index in [1.165, 1.54) is 4.90 Å². The predicted molar refractivity (Wildman–Crippen MR) is 130 cm³/mol. The highest BCUT2D eigenvalue weighted by Crippen LogP contribution is 2.34. The predicted octanol–water partition coefficient (Wildman–Crippen LogP) is 4.85. The van der Waals surface area contributed by atoms with E-state index < -0.39 is 5.60 Å². The minimum atomic E-state index is -0.803. The highest BCUT2D eigenvalue weighted by molar-refractivity contribution is 6.30. The summed E-state index contributed by atoms with van der Waals surface area (Å²) in [6.45, 7) is 2.94. The first-order valence-electron chi connectivity index (χ1n) is 11.5. The molecule has 33 heavy (non-hydrogen) atoms. The molecule has 1 fully saturated rings. The van der Waals surface area contributed by atoms with E-state index in [0.29, 0.717) is 35.5 Å². The summed E-state index contributed by atoms with van der Waals surface area (Å²) < 4.78 is 0. The number of nitrogens with zero attached hydrogens (tertiary/aromatic N) is 2. The molecule has 0 radical (unpaired) electrons. The largest absolute Gasteiger partial charge is 0.385 e. The number of unbranched alkanes of at least 4 members (excludes halogenated alkanes) is 1. The zero-order chi connectivity index (χ0) is 23.0. The number of rotatable bonds is 6. The van der Waals surface area contributed by atoms with Crippen molar-refractivity contribution < 1.29 is 14.7 Å². The lowest BCUT2D eigenvalue weighted by molar-refractivity contribution is -0.0261. The molecule has 170 valence electrons. The topological polar surface area (TPSA) is 60.9 Å². The Morgan fingerprint density at radius 3 is 2.00 bits per heavy atom. The first kappa shape index (κ1) is 22.1. The van der Waals surface area contributed by atoms with Crippen LogP contribution in [-0.2, 0) is 5.60 Å². The molecule has 0 aliphatic carbocycles. The highest BCUT2D eigenvalue weighted by Gasteiger charge is 2.34. The van der Waals surface area contributed by atoms with Crippen molar-refractivity contribution in [3.8, 4) is 0 Å². The van der Waals surface area contributed by atoms with E-state index in [9.17, 15) is 14.7 Å². The molecule has 5 rings (SSSR count). The maximum Gasteiger partial charge on any atom is 0.261 e. The number of hydrogen-bond donors (Lipinski definition) is 1. The Balaban J connectivity index is 1.14. The fourth-order valence-electron chi connectivity index (χ4n) is 5.08. The van der Waals surface area contributed by atoms with Crippen molar-refractivity contribution in [2.75, 3.05) is 26.2 Å². The zero-order valence-electron chi connectivity index (χ0n) is 18.5. The average molecular weight is 463 g/mol. The van der Waals surface area contributed by atoms with E-state index in [1.54, 1.807) is 0 Å². The number of imide groups is 1. The lowest BCUT2D eigenvalue weighted by atomic mass is 9.84. The lowest BCUT2D eigenvalue weighted by Gasteiger charge is -2.38. The van der Waals surface area contributed by atoms with Gasteiger partial charge in [0.15, 0.2) is 0 Å². The molecule has 1 saturated heterocycles. The van der Waals surface area contributed by atoms with Crippen LogP contribution in [0.2, 0.25) is 5.02 Å². The van der Waals surface area contributed by atoms with Crippen molar-refractivity contribution in [1.82, 2.24) is 9.80 Å². The molecule has 2 aliphatic heterocycles. The molecule has 3 aromatic rings. The van der Waals surface area contributed by atoms with Gasteiger partial charge in [-0.2, -0.15) is 0 Å². The SMILES string of the molecule is O=C1c2cccc3cccc(c23)C(=O)N1CCCCN1CCC(O)(c2ccc(Cl)cc2)CC1. The molecule has 0 unspecified atom stereocenters. The summed E-state index contributed by atoms with van der Waals surface area (Å²) in [7, 11) is 0. The van der Waals surface area contributed by atoms with Crippen molar-refractivity contribution in [3.63, 3.8) is 0 Å². The second kappa shape index (κ2) is 8.90. The molecule has 2 heterocycles. The van der Waals surface area contributed by atoms with Gasteiger partial charge in [-0.3, -0.25) is 14.5 Å². The molecule has 2 amide bonds. The molecule has 0 aromatic heterocycles. The van der Waals surface area contributed by atoms with Crippen LogP contribution >= 0.6 is 11.6 Å². The Morgan fingerprint density at radius 2 is 1.39 bits per heavy atom. The van der Waals surface area contributed by atoms with Gasteiger partial charge >= 0.3 is 0 Å². The molecule has 3 aromatic carbocycles. The zero-order valence-corrected chi connectivity index (χ0v) is 19.2. The van der Waals surface area contributed by atoms with E-state index >= 15 is 0 Å². The molecule has 0 bridgehead atoms. The number of amides is 2. The van der Waals surface area contributed by atoms with Gasteiger partial charge < -0.3 is 10.0 Å². The van der Waals surface area contributed by atoms with Crippen LogP contribution in [-0.4, -0.2) is 52.9 Å². The number of hydrogen-bond acceptors (Lipinski definition) is 4. The number of benzene rings is 3. The number of carbonyl (C=O) groups is 2. The number of halogens is 1. The van der Waals surface area contributed by atoms with E-state index in [0.717, 1.165) is 48.8 Å². The highest BCUT2D eigenvalue weighted by atomic mass is 35.5. The maximum absolute atomic E-state index is 13.0. The van der Waals surface area contributed by atoms with Crippen molar-refractivity contribution in [1.29, 1.82) is 0 Å². The summed E-state index contributed by atoms with van der Waals surface area (Å²) in [5.74, 6) is -0.398. The van der Waals surface area contributed by atoms with Gasteiger partial charge in [0.1, 0.15) is 0 Å². The Bertz CT molecular complexity index is 1150. The molecule has 0 spiro atoms. The summed E-state index contributed by atoms with van der Waals surface area (Å²) in [6.07, 6.45) is 3.01. The summed E-state index contributed by atoms with van der Waals surface area (Å²) in [5.41, 5.74) is 1.34. The maximum atomic E-state index is 13.0. The van der Waals surface area contributed by atoms with Crippen LogP contribution in [0, 0.1) is 0 Å². The Hall–Kier alpha value is -2.73. The van der Waals surface area contributed by atoms with E-state index in [1.807, 2.05) is 60.7 Å². The Morgan fingerprint density at radius 1 is 0.818 bits per heavy atom. The monoisotopic (exact) mass is 462 g/mol. The number of likely N-dealkylation sites (tertiary alicyclic amines) is 1. The normalized spacial score (nSPS) is 18.2. The van der Waals surface area contributed by atoms with Gasteiger partial charge in [-0.1, -0.05) is 48.0 Å². The van der Waals surface area contributed by atoms with Crippen molar-refractivity contribution in [3.05, 3.63) is 82.4 Å². The average Bonchev–Trinajstić information content (AvgIpc) is 2.83. The van der Waals surface area contributed by atoms with Gasteiger partial charge in [0.25, 0.3) is 11.8 Å². The van der Waals surface area contributed by atoms with Crippen LogP contribution in [0.4, 0.5) is 0 Å². The van der Waals surface area contributed by atoms with Crippen molar-refractivity contribution >= 4 is 34.2 Å². The number of piperidine rings is 1. The third kappa shape index (κ3) is 4.17. The summed E-state index contributed by atoms with van der Waals surface area (Å²) >= 11 is 5.97. The Kier molecular flexibility index (Phi) is 5.95. The molecule has 2 aliphatic rings. The molecule has 5 nitrogen and oxygen atoms in total. The van der Waals surface area contributed by atoms with Crippen molar-refractivity contribution in [2.24, 2.45) is 0 Å². The fourth-order valence-corrected chi connectivity index (χ4v) is 5.21. The van der Waals surface area contributed by atoms with Gasteiger partial charge in [0.2, 0.25) is 0 Å². The van der Waals surface area contributed by atoms with Gasteiger partial charge in [0.05, 0.1) is 5.60 Å². The van der Waals surface area contributed by atoms with Crippen LogP contribution in [0.15, 0.2) is 60.7 Å². The second-order valence-electron chi connectivity index (χ2n) is 9.06. The lowest BCUT2D eigenvalue weighted by Crippen LogP contribution is -2.43. The first-order valence-corrected chi connectivity index (χ1v) is 11.9. The van der Waals surface area contributed by atoms with Crippen LogP contribution < -0.4 is 0 Å². The van der Waals surface area contributed by atoms with Crippen LogP contribution in [0.3, 0.4) is 0 Å². The molecule has 0 saturated carbocycles. The third-order valence-corrected chi connectivity index (χ3v) is 7.28. The molecule has 1 N–H and O–H groups in total. The minimum absolute atomic E-state index is 0.199. The molecular formula is C27H27ClN2O3. The summed E-state index contributed by atoms with van der Waals surface area (Å²) in [5, 5.41) is 13.4. The quantitative estimate of drug-likeness (QED) is 0.420. The standard InChI is InChI=1S/C27H27ClN2O3/c28-21-11-9-20(10-12-21)27(33)13-17-29(18-14-27)15-1-2-16-30-25(31)22-7-3-5-19-6-4-8-23(24(19)22)26(30)32/h3-12,33H,1-2,13-18H2. The second-order valence-corrected chi connectivity index (χ2v) is 9.49. The van der Waals surface area contributed by atoms with Crippen LogP contribution in [0.25, 0.3) is 10.8 Å². The smallest absolute Gasteiger partial charge is 0.261 e.